The van der Waals surface area contributed by atoms with Crippen molar-refractivity contribution in [1.82, 2.24) is 9.97 Å². The second kappa shape index (κ2) is 5.78. The Hall–Kier alpha value is -1.63. The molecule has 3 nitrogen and oxygen atoms in total. The second-order valence-corrected chi connectivity index (χ2v) is 5.45. The average Bonchev–Trinajstić information content (AvgIpc) is 2.82. The summed E-state index contributed by atoms with van der Waals surface area (Å²) in [7, 11) is 0. The third-order valence-corrected chi connectivity index (χ3v) is 3.42. The van der Waals surface area contributed by atoms with E-state index < -0.39 is 12.0 Å². The maximum absolute atomic E-state index is 12.8. The Morgan fingerprint density at radius 1 is 1.25 bits per heavy atom. The minimum Gasteiger partial charge on any atom is -0.370 e. The topological polar surface area (TPSA) is 37.8 Å². The van der Waals surface area contributed by atoms with Crippen LogP contribution in [0.25, 0.3) is 11.3 Å². The van der Waals surface area contributed by atoms with Gasteiger partial charge in [-0.05, 0) is 19.4 Å². The molecule has 2 rings (SSSR count). The monoisotopic (exact) mass is 301 g/mol. The van der Waals surface area contributed by atoms with E-state index in [0.29, 0.717) is 12.1 Å². The van der Waals surface area contributed by atoms with Crippen molar-refractivity contribution < 1.29 is 13.2 Å². The molecule has 0 aliphatic heterocycles. The SMILES string of the molecule is CCCNc1cc(-c2csc(C)c2)nc(C(F)(F)F)n1. The molecule has 20 heavy (non-hydrogen) atoms. The lowest BCUT2D eigenvalue weighted by atomic mass is 10.2. The normalized spacial score (nSPS) is 11.7. The van der Waals surface area contributed by atoms with E-state index in [2.05, 4.69) is 15.3 Å². The highest BCUT2D eigenvalue weighted by Gasteiger charge is 2.35. The van der Waals surface area contributed by atoms with Gasteiger partial charge in [-0.3, -0.25) is 0 Å². The van der Waals surface area contributed by atoms with Crippen molar-refractivity contribution in [3.05, 3.63) is 28.2 Å². The lowest BCUT2D eigenvalue weighted by Gasteiger charge is -2.10. The van der Waals surface area contributed by atoms with E-state index in [1.54, 1.807) is 11.4 Å². The van der Waals surface area contributed by atoms with Crippen LogP contribution in [-0.2, 0) is 6.18 Å². The third kappa shape index (κ3) is 3.47. The van der Waals surface area contributed by atoms with Crippen LogP contribution in [0.1, 0.15) is 24.0 Å². The number of rotatable bonds is 4. The van der Waals surface area contributed by atoms with E-state index in [0.717, 1.165) is 11.3 Å². The molecule has 7 heteroatoms. The van der Waals surface area contributed by atoms with Crippen LogP contribution in [-0.4, -0.2) is 16.5 Å². The predicted octanol–water partition coefficient (Wildman–Crippen LogP) is 4.35. The highest BCUT2D eigenvalue weighted by atomic mass is 32.1. The van der Waals surface area contributed by atoms with Crippen molar-refractivity contribution in [2.45, 2.75) is 26.4 Å². The molecule has 0 atom stereocenters. The van der Waals surface area contributed by atoms with Crippen molar-refractivity contribution in [2.75, 3.05) is 11.9 Å². The Labute approximate surface area is 118 Å². The molecule has 0 aromatic carbocycles. The second-order valence-electron chi connectivity index (χ2n) is 4.33. The van der Waals surface area contributed by atoms with Gasteiger partial charge in [0.2, 0.25) is 5.82 Å². The van der Waals surface area contributed by atoms with Gasteiger partial charge < -0.3 is 5.32 Å². The summed E-state index contributed by atoms with van der Waals surface area (Å²) in [6.45, 7) is 4.40. The van der Waals surface area contributed by atoms with Crippen molar-refractivity contribution in [3.8, 4) is 11.3 Å². The first-order valence-corrected chi connectivity index (χ1v) is 7.03. The Balaban J connectivity index is 2.45. The minimum atomic E-state index is -4.55. The fraction of sp³-hybridized carbons (Fsp3) is 0.385. The number of anilines is 1. The quantitative estimate of drug-likeness (QED) is 0.912. The van der Waals surface area contributed by atoms with Crippen LogP contribution < -0.4 is 5.32 Å². The van der Waals surface area contributed by atoms with Gasteiger partial charge in [0.15, 0.2) is 0 Å². The minimum absolute atomic E-state index is 0.202. The molecule has 0 fully saturated rings. The van der Waals surface area contributed by atoms with Crippen molar-refractivity contribution >= 4 is 17.2 Å². The number of hydrogen-bond donors (Lipinski definition) is 1. The van der Waals surface area contributed by atoms with Gasteiger partial charge in [-0.25, -0.2) is 9.97 Å². The van der Waals surface area contributed by atoms with Crippen molar-refractivity contribution in [3.63, 3.8) is 0 Å². The van der Waals surface area contributed by atoms with Gasteiger partial charge in [0.1, 0.15) is 5.82 Å². The number of thiophene rings is 1. The van der Waals surface area contributed by atoms with Crippen LogP contribution in [0, 0.1) is 6.92 Å². The molecule has 0 aliphatic carbocycles. The van der Waals surface area contributed by atoms with Crippen molar-refractivity contribution in [1.29, 1.82) is 0 Å². The summed E-state index contributed by atoms with van der Waals surface area (Å²) in [5, 5.41) is 4.67. The first-order valence-electron chi connectivity index (χ1n) is 6.16. The Morgan fingerprint density at radius 2 is 2.00 bits per heavy atom. The molecule has 2 aromatic heterocycles. The molecule has 0 saturated heterocycles. The van der Waals surface area contributed by atoms with Crippen LogP contribution >= 0.6 is 11.3 Å². The Bertz CT molecular complexity index is 593. The molecule has 0 amide bonds. The number of aryl methyl sites for hydroxylation is 1. The van der Waals surface area contributed by atoms with Gasteiger partial charge >= 0.3 is 6.18 Å². The van der Waals surface area contributed by atoms with Gasteiger partial charge in [0.05, 0.1) is 5.69 Å². The summed E-state index contributed by atoms with van der Waals surface area (Å²) in [4.78, 5) is 8.18. The van der Waals surface area contributed by atoms with E-state index in [9.17, 15) is 13.2 Å². The Kier molecular flexibility index (Phi) is 4.27. The van der Waals surface area contributed by atoms with E-state index in [1.807, 2.05) is 19.9 Å². The number of halogens is 3. The fourth-order valence-electron chi connectivity index (χ4n) is 1.64. The largest absolute Gasteiger partial charge is 0.451 e. The van der Waals surface area contributed by atoms with Crippen LogP contribution in [0.5, 0.6) is 0 Å². The molecule has 2 aromatic rings. The highest BCUT2D eigenvalue weighted by molar-refractivity contribution is 7.10. The first-order chi connectivity index (χ1) is 9.40. The van der Waals surface area contributed by atoms with E-state index in [-0.39, 0.29) is 11.5 Å². The van der Waals surface area contributed by atoms with E-state index in [4.69, 9.17) is 0 Å². The summed E-state index contributed by atoms with van der Waals surface area (Å²) >= 11 is 1.47. The zero-order chi connectivity index (χ0) is 14.8. The number of aromatic nitrogens is 2. The van der Waals surface area contributed by atoms with Crippen LogP contribution in [0.2, 0.25) is 0 Å². The number of nitrogens with one attached hydrogen (secondary N) is 1. The van der Waals surface area contributed by atoms with Gasteiger partial charge in [0, 0.05) is 28.4 Å². The number of alkyl halides is 3. The highest BCUT2D eigenvalue weighted by Crippen LogP contribution is 2.31. The molecular weight excluding hydrogens is 287 g/mol. The van der Waals surface area contributed by atoms with Gasteiger partial charge in [-0.1, -0.05) is 6.92 Å². The summed E-state index contributed by atoms with van der Waals surface area (Å²) in [6, 6.07) is 3.36. The summed E-state index contributed by atoms with van der Waals surface area (Å²) < 4.78 is 38.5. The third-order valence-electron chi connectivity index (χ3n) is 2.56. The lowest BCUT2D eigenvalue weighted by Crippen LogP contribution is -2.14. The molecule has 108 valence electrons. The van der Waals surface area contributed by atoms with Crippen LogP contribution in [0.3, 0.4) is 0 Å². The zero-order valence-corrected chi connectivity index (χ0v) is 11.9. The molecule has 0 bridgehead atoms. The zero-order valence-electron chi connectivity index (χ0n) is 11.1. The fourth-order valence-corrected chi connectivity index (χ4v) is 2.34. The standard InChI is InChI=1S/C13H14F3N3S/c1-3-4-17-11-6-10(9-5-8(2)20-7-9)18-12(19-11)13(14,15)16/h5-7H,3-4H2,1-2H3,(H,17,18,19). The molecule has 0 saturated carbocycles. The van der Waals surface area contributed by atoms with Gasteiger partial charge in [0.25, 0.3) is 0 Å². The van der Waals surface area contributed by atoms with Crippen LogP contribution in [0.15, 0.2) is 17.5 Å². The van der Waals surface area contributed by atoms with Gasteiger partial charge in [-0.2, -0.15) is 13.2 Å². The number of hydrogen-bond acceptors (Lipinski definition) is 4. The van der Waals surface area contributed by atoms with E-state index >= 15 is 0 Å². The van der Waals surface area contributed by atoms with E-state index in [1.165, 1.54) is 11.3 Å². The molecule has 0 aliphatic rings. The molecule has 0 radical (unpaired) electrons. The first kappa shape index (κ1) is 14.8. The molecule has 1 N–H and O–H groups in total. The molecule has 0 unspecified atom stereocenters. The maximum atomic E-state index is 12.8. The molecule has 2 heterocycles. The van der Waals surface area contributed by atoms with Crippen LogP contribution in [0.4, 0.5) is 19.0 Å². The summed E-state index contributed by atoms with van der Waals surface area (Å²) in [5.74, 6) is -0.912. The maximum Gasteiger partial charge on any atom is 0.451 e. The lowest BCUT2D eigenvalue weighted by molar-refractivity contribution is -0.144. The summed E-state index contributed by atoms with van der Waals surface area (Å²) in [6.07, 6.45) is -3.75. The van der Waals surface area contributed by atoms with Gasteiger partial charge in [-0.15, -0.1) is 11.3 Å². The van der Waals surface area contributed by atoms with Crippen molar-refractivity contribution in [2.24, 2.45) is 0 Å². The average molecular weight is 301 g/mol. The predicted molar refractivity (Wildman–Crippen MR) is 73.9 cm³/mol. The smallest absolute Gasteiger partial charge is 0.370 e. The number of nitrogens with zero attached hydrogens (tertiary/aromatic N) is 2. The molecule has 0 spiro atoms. The summed E-state index contributed by atoms with van der Waals surface area (Å²) in [5.41, 5.74) is 0.968. The molecular formula is C13H14F3N3S. The Morgan fingerprint density at radius 3 is 2.55 bits per heavy atom.